The van der Waals surface area contributed by atoms with Crippen molar-refractivity contribution in [2.24, 2.45) is 0 Å². The van der Waals surface area contributed by atoms with E-state index in [1.807, 2.05) is 38.1 Å². The molecule has 17 heavy (non-hydrogen) atoms. The van der Waals surface area contributed by atoms with E-state index in [0.717, 1.165) is 33.0 Å². The highest BCUT2D eigenvalue weighted by Gasteiger charge is 2.07. The molecule has 4 heteroatoms. The minimum absolute atomic E-state index is 0.725. The van der Waals surface area contributed by atoms with Crippen LogP contribution in [0.3, 0.4) is 0 Å². The minimum Gasteiger partial charge on any atom is -0.497 e. The lowest BCUT2D eigenvalue weighted by Crippen LogP contribution is -1.96. The van der Waals surface area contributed by atoms with Crippen molar-refractivity contribution in [3.63, 3.8) is 0 Å². The van der Waals surface area contributed by atoms with Crippen LogP contribution in [-0.2, 0) is 0 Å². The van der Waals surface area contributed by atoms with Gasteiger partial charge in [-0.15, -0.1) is 0 Å². The number of nitrogens with zero attached hydrogens (tertiary/aromatic N) is 2. The van der Waals surface area contributed by atoms with Gasteiger partial charge in [0.1, 0.15) is 10.4 Å². The van der Waals surface area contributed by atoms with Crippen LogP contribution in [0, 0.1) is 13.8 Å². The first kappa shape index (κ1) is 12.0. The maximum Gasteiger partial charge on any atom is 0.160 e. The molecule has 0 saturated heterocycles. The molecule has 0 radical (unpaired) electrons. The average molecular weight is 293 g/mol. The molecule has 0 fully saturated rings. The van der Waals surface area contributed by atoms with Crippen molar-refractivity contribution in [2.75, 3.05) is 7.11 Å². The molecule has 2 aromatic rings. The van der Waals surface area contributed by atoms with Crippen molar-refractivity contribution in [3.8, 4) is 17.1 Å². The van der Waals surface area contributed by atoms with E-state index in [1.165, 1.54) is 0 Å². The number of ether oxygens (including phenoxy) is 1. The topological polar surface area (TPSA) is 35.0 Å². The number of methoxy groups -OCH3 is 1. The zero-order chi connectivity index (χ0) is 12.4. The van der Waals surface area contributed by atoms with Crippen LogP contribution in [-0.4, -0.2) is 17.1 Å². The van der Waals surface area contributed by atoms with Gasteiger partial charge in [-0.3, -0.25) is 0 Å². The molecule has 0 atom stereocenters. The lowest BCUT2D eigenvalue weighted by atomic mass is 10.2. The summed E-state index contributed by atoms with van der Waals surface area (Å²) in [6, 6.07) is 7.72. The van der Waals surface area contributed by atoms with Gasteiger partial charge in [-0.1, -0.05) is 0 Å². The normalized spacial score (nSPS) is 10.4. The van der Waals surface area contributed by atoms with Gasteiger partial charge in [0.15, 0.2) is 5.82 Å². The Morgan fingerprint density at radius 3 is 2.24 bits per heavy atom. The molecule has 0 spiro atoms. The molecule has 3 nitrogen and oxygen atoms in total. The Balaban J connectivity index is 2.45. The van der Waals surface area contributed by atoms with E-state index in [4.69, 9.17) is 4.74 Å². The lowest BCUT2D eigenvalue weighted by molar-refractivity contribution is 0.415. The van der Waals surface area contributed by atoms with Crippen LogP contribution in [0.2, 0.25) is 0 Å². The third-order valence-corrected chi connectivity index (χ3v) is 3.45. The number of aryl methyl sites for hydroxylation is 1. The van der Waals surface area contributed by atoms with Crippen LogP contribution in [0.1, 0.15) is 11.3 Å². The van der Waals surface area contributed by atoms with Crippen molar-refractivity contribution >= 4 is 15.9 Å². The van der Waals surface area contributed by atoms with Gasteiger partial charge in [-0.05, 0) is 54.0 Å². The van der Waals surface area contributed by atoms with E-state index < -0.39 is 0 Å². The third kappa shape index (κ3) is 2.47. The second-order valence-corrected chi connectivity index (χ2v) is 4.53. The molecular formula is C13H13BrN2O. The number of halogens is 1. The zero-order valence-electron chi connectivity index (χ0n) is 9.99. The van der Waals surface area contributed by atoms with Crippen LogP contribution >= 0.6 is 15.9 Å². The van der Waals surface area contributed by atoms with Crippen molar-refractivity contribution in [1.82, 2.24) is 9.97 Å². The minimum atomic E-state index is 0.725. The molecule has 1 aromatic carbocycles. The van der Waals surface area contributed by atoms with Crippen LogP contribution in [0.25, 0.3) is 11.4 Å². The molecule has 0 aliphatic heterocycles. The standard InChI is InChI=1S/C13H13BrN2O/c1-8-9(2)15-13(16-12(8)14)10-4-6-11(17-3)7-5-10/h4-7H,1-3H3. The van der Waals surface area contributed by atoms with Gasteiger partial charge < -0.3 is 4.74 Å². The summed E-state index contributed by atoms with van der Waals surface area (Å²) in [5, 5.41) is 0. The first-order valence-electron chi connectivity index (χ1n) is 5.27. The van der Waals surface area contributed by atoms with E-state index in [-0.39, 0.29) is 0 Å². The second-order valence-electron chi connectivity index (χ2n) is 3.78. The molecule has 1 heterocycles. The maximum atomic E-state index is 5.12. The fraction of sp³-hybridized carbons (Fsp3) is 0.231. The molecular weight excluding hydrogens is 280 g/mol. The number of benzene rings is 1. The van der Waals surface area contributed by atoms with Crippen molar-refractivity contribution in [1.29, 1.82) is 0 Å². The summed E-state index contributed by atoms with van der Waals surface area (Å²) in [4.78, 5) is 8.90. The molecule has 2 rings (SSSR count). The van der Waals surface area contributed by atoms with Gasteiger partial charge in [0, 0.05) is 16.8 Å². The number of hydrogen-bond donors (Lipinski definition) is 0. The molecule has 0 saturated carbocycles. The molecule has 88 valence electrons. The van der Waals surface area contributed by atoms with E-state index >= 15 is 0 Å². The van der Waals surface area contributed by atoms with Crippen LogP contribution in [0.15, 0.2) is 28.9 Å². The van der Waals surface area contributed by atoms with Crippen molar-refractivity contribution < 1.29 is 4.74 Å². The average Bonchev–Trinajstić information content (AvgIpc) is 2.35. The Morgan fingerprint density at radius 1 is 1.06 bits per heavy atom. The number of aromatic nitrogens is 2. The Labute approximate surface area is 109 Å². The summed E-state index contributed by atoms with van der Waals surface area (Å²) in [5.41, 5.74) is 3.04. The summed E-state index contributed by atoms with van der Waals surface area (Å²) >= 11 is 3.45. The molecule has 0 amide bonds. The van der Waals surface area contributed by atoms with Gasteiger partial charge >= 0.3 is 0 Å². The maximum absolute atomic E-state index is 5.12. The van der Waals surface area contributed by atoms with Gasteiger partial charge in [-0.25, -0.2) is 9.97 Å². The smallest absolute Gasteiger partial charge is 0.160 e. The summed E-state index contributed by atoms with van der Waals surface area (Å²) < 4.78 is 5.96. The highest BCUT2D eigenvalue weighted by molar-refractivity contribution is 9.10. The van der Waals surface area contributed by atoms with E-state index in [0.29, 0.717) is 0 Å². The Kier molecular flexibility index (Phi) is 3.43. The molecule has 0 unspecified atom stereocenters. The fourth-order valence-electron chi connectivity index (χ4n) is 1.46. The molecule has 0 bridgehead atoms. The lowest BCUT2D eigenvalue weighted by Gasteiger charge is -2.06. The summed E-state index contributed by atoms with van der Waals surface area (Å²) in [6.07, 6.45) is 0. The van der Waals surface area contributed by atoms with Gasteiger partial charge in [0.25, 0.3) is 0 Å². The molecule has 0 aliphatic rings. The first-order valence-corrected chi connectivity index (χ1v) is 6.06. The van der Waals surface area contributed by atoms with E-state index in [2.05, 4.69) is 25.9 Å². The molecule has 0 N–H and O–H groups in total. The van der Waals surface area contributed by atoms with Gasteiger partial charge in [0.2, 0.25) is 0 Å². The quantitative estimate of drug-likeness (QED) is 0.794. The fourth-order valence-corrected chi connectivity index (χ4v) is 1.92. The monoisotopic (exact) mass is 292 g/mol. The van der Waals surface area contributed by atoms with Crippen molar-refractivity contribution in [2.45, 2.75) is 13.8 Å². The predicted molar refractivity (Wildman–Crippen MR) is 71.2 cm³/mol. The second kappa shape index (κ2) is 4.84. The highest BCUT2D eigenvalue weighted by Crippen LogP contribution is 2.23. The third-order valence-electron chi connectivity index (χ3n) is 2.68. The van der Waals surface area contributed by atoms with Gasteiger partial charge in [0.05, 0.1) is 7.11 Å². The Morgan fingerprint density at radius 2 is 1.71 bits per heavy atom. The molecule has 1 aromatic heterocycles. The number of rotatable bonds is 2. The Hall–Kier alpha value is -1.42. The van der Waals surface area contributed by atoms with E-state index in [9.17, 15) is 0 Å². The summed E-state index contributed by atoms with van der Waals surface area (Å²) in [5.74, 6) is 1.55. The highest BCUT2D eigenvalue weighted by atomic mass is 79.9. The summed E-state index contributed by atoms with van der Waals surface area (Å²) in [6.45, 7) is 3.98. The largest absolute Gasteiger partial charge is 0.497 e. The zero-order valence-corrected chi connectivity index (χ0v) is 11.6. The predicted octanol–water partition coefficient (Wildman–Crippen LogP) is 3.53. The van der Waals surface area contributed by atoms with Crippen molar-refractivity contribution in [3.05, 3.63) is 40.1 Å². The van der Waals surface area contributed by atoms with E-state index in [1.54, 1.807) is 7.11 Å². The van der Waals surface area contributed by atoms with Crippen LogP contribution < -0.4 is 4.74 Å². The molecule has 0 aliphatic carbocycles. The number of hydrogen-bond acceptors (Lipinski definition) is 3. The van der Waals surface area contributed by atoms with Crippen LogP contribution in [0.5, 0.6) is 5.75 Å². The Bertz CT molecular complexity index is 515. The SMILES string of the molecule is COc1ccc(-c2nc(C)c(C)c(Br)n2)cc1. The van der Waals surface area contributed by atoms with Crippen LogP contribution in [0.4, 0.5) is 0 Å². The summed E-state index contributed by atoms with van der Waals surface area (Å²) in [7, 11) is 1.65. The first-order chi connectivity index (χ1) is 8.11. The van der Waals surface area contributed by atoms with Gasteiger partial charge in [-0.2, -0.15) is 0 Å².